The third-order valence-corrected chi connectivity index (χ3v) is 2.27. The van der Waals surface area contributed by atoms with Gasteiger partial charge in [0.25, 0.3) is 0 Å². The Morgan fingerprint density at radius 2 is 1.85 bits per heavy atom. The predicted molar refractivity (Wildman–Crippen MR) is 62.1 cm³/mol. The maximum Gasteiger partial charge on any atom is 0.0712 e. The molecule has 0 saturated heterocycles. The highest BCUT2D eigenvalue weighted by atomic mass is 14.1. The quantitative estimate of drug-likeness (QED) is 0.559. The summed E-state index contributed by atoms with van der Waals surface area (Å²) in [7, 11) is 5.53. The van der Waals surface area contributed by atoms with E-state index in [1.54, 1.807) is 5.57 Å². The molecule has 1 rings (SSSR count). The summed E-state index contributed by atoms with van der Waals surface area (Å²) in [6.45, 7) is 8.49. The molecular formula is C12H21B. The maximum atomic E-state index is 5.53. The Kier molecular flexibility index (Phi) is 6.75. The van der Waals surface area contributed by atoms with Crippen LogP contribution in [-0.2, 0) is 0 Å². The molecule has 0 unspecified atom stereocenters. The van der Waals surface area contributed by atoms with Crippen molar-refractivity contribution in [3.05, 3.63) is 23.3 Å². The van der Waals surface area contributed by atoms with Crippen molar-refractivity contribution in [2.45, 2.75) is 46.9 Å². The average Bonchev–Trinajstić information content (AvgIpc) is 2.21. The Labute approximate surface area is 84.5 Å². The van der Waals surface area contributed by atoms with Gasteiger partial charge in [0.05, 0.1) is 7.85 Å². The van der Waals surface area contributed by atoms with Gasteiger partial charge in [-0.1, -0.05) is 57.3 Å². The second-order valence-corrected chi connectivity index (χ2v) is 3.43. The minimum Gasteiger partial charge on any atom is -0.0785 e. The van der Waals surface area contributed by atoms with Crippen LogP contribution in [0.5, 0.6) is 0 Å². The first-order valence-corrected chi connectivity index (χ1v) is 5.32. The Bertz CT molecular complexity index is 187. The molecule has 0 bridgehead atoms. The topological polar surface area (TPSA) is 0 Å². The molecule has 13 heavy (non-hydrogen) atoms. The Morgan fingerprint density at radius 3 is 2.15 bits per heavy atom. The summed E-state index contributed by atoms with van der Waals surface area (Å²) >= 11 is 0. The zero-order chi connectivity index (χ0) is 10.3. The zero-order valence-electron chi connectivity index (χ0n) is 9.43. The molecule has 0 N–H and O–H groups in total. The first-order chi connectivity index (χ1) is 6.24. The molecule has 0 aromatic carbocycles. The maximum absolute atomic E-state index is 5.53. The molecule has 0 heterocycles. The van der Waals surface area contributed by atoms with Gasteiger partial charge in [-0.05, 0) is 18.8 Å². The minimum absolute atomic E-state index is 0.700. The molecule has 0 spiro atoms. The van der Waals surface area contributed by atoms with Crippen molar-refractivity contribution in [2.24, 2.45) is 5.92 Å². The van der Waals surface area contributed by atoms with Gasteiger partial charge in [0.1, 0.15) is 0 Å². The van der Waals surface area contributed by atoms with Crippen LogP contribution < -0.4 is 0 Å². The number of hydrogen-bond donors (Lipinski definition) is 0. The van der Waals surface area contributed by atoms with Crippen LogP contribution in [0.4, 0.5) is 0 Å². The Hall–Kier alpha value is -0.455. The summed E-state index contributed by atoms with van der Waals surface area (Å²) in [6.07, 6.45) is 7.51. The van der Waals surface area contributed by atoms with Crippen molar-refractivity contribution in [1.82, 2.24) is 0 Å². The SMILES string of the molecule is CC.[B]CC1=CC=C(C(C)C)CC1. The van der Waals surface area contributed by atoms with E-state index in [1.807, 2.05) is 13.8 Å². The third kappa shape index (κ3) is 4.35. The van der Waals surface area contributed by atoms with Gasteiger partial charge in [-0.15, -0.1) is 0 Å². The van der Waals surface area contributed by atoms with Gasteiger partial charge < -0.3 is 0 Å². The first-order valence-electron chi connectivity index (χ1n) is 5.32. The van der Waals surface area contributed by atoms with Crippen LogP contribution in [0.2, 0.25) is 6.32 Å². The van der Waals surface area contributed by atoms with Crippen LogP contribution in [0.25, 0.3) is 0 Å². The highest BCUT2D eigenvalue weighted by Crippen LogP contribution is 2.24. The van der Waals surface area contributed by atoms with E-state index in [1.165, 1.54) is 18.4 Å². The summed E-state index contributed by atoms with van der Waals surface area (Å²) in [6, 6.07) is 0. The highest BCUT2D eigenvalue weighted by Gasteiger charge is 2.07. The average molecular weight is 176 g/mol. The van der Waals surface area contributed by atoms with Gasteiger partial charge in [0, 0.05) is 0 Å². The first kappa shape index (κ1) is 12.5. The number of hydrogen-bond acceptors (Lipinski definition) is 0. The molecule has 1 aliphatic carbocycles. The summed E-state index contributed by atoms with van der Waals surface area (Å²) in [5, 5.41) is 0. The molecular weight excluding hydrogens is 155 g/mol. The molecule has 0 amide bonds. The molecule has 0 aromatic rings. The van der Waals surface area contributed by atoms with Gasteiger partial charge in [-0.25, -0.2) is 0 Å². The lowest BCUT2D eigenvalue weighted by Crippen LogP contribution is -1.99. The largest absolute Gasteiger partial charge is 0.0785 e. The number of rotatable bonds is 2. The molecule has 1 aliphatic rings. The van der Waals surface area contributed by atoms with Crippen LogP contribution in [0.3, 0.4) is 0 Å². The fraction of sp³-hybridized carbons (Fsp3) is 0.667. The van der Waals surface area contributed by atoms with E-state index in [0.29, 0.717) is 5.92 Å². The van der Waals surface area contributed by atoms with E-state index in [-0.39, 0.29) is 0 Å². The van der Waals surface area contributed by atoms with Crippen molar-refractivity contribution in [2.75, 3.05) is 0 Å². The molecule has 0 atom stereocenters. The molecule has 72 valence electrons. The van der Waals surface area contributed by atoms with Crippen molar-refractivity contribution in [3.8, 4) is 0 Å². The normalized spacial score (nSPS) is 15.8. The minimum atomic E-state index is 0.700. The van der Waals surface area contributed by atoms with Crippen molar-refractivity contribution >= 4 is 7.85 Å². The van der Waals surface area contributed by atoms with E-state index in [2.05, 4.69) is 26.0 Å². The van der Waals surface area contributed by atoms with E-state index in [4.69, 9.17) is 7.85 Å². The van der Waals surface area contributed by atoms with E-state index >= 15 is 0 Å². The summed E-state index contributed by atoms with van der Waals surface area (Å²) in [5.41, 5.74) is 2.94. The third-order valence-electron chi connectivity index (χ3n) is 2.27. The van der Waals surface area contributed by atoms with Crippen LogP contribution in [-0.4, -0.2) is 7.85 Å². The molecule has 0 fully saturated rings. The van der Waals surface area contributed by atoms with Gasteiger partial charge in [-0.3, -0.25) is 0 Å². The standard InChI is InChI=1S/C10H15B.C2H6/c1-8(2)10-5-3-9(7-11)4-6-10;1-2/h3,5,8H,4,6-7H2,1-2H3;1-2H3. The van der Waals surface area contributed by atoms with E-state index in [9.17, 15) is 0 Å². The second-order valence-electron chi connectivity index (χ2n) is 3.43. The zero-order valence-corrected chi connectivity index (χ0v) is 9.43. The van der Waals surface area contributed by atoms with Crippen LogP contribution >= 0.6 is 0 Å². The van der Waals surface area contributed by atoms with Gasteiger partial charge in [0.15, 0.2) is 0 Å². The van der Waals surface area contributed by atoms with Crippen molar-refractivity contribution in [1.29, 1.82) is 0 Å². The van der Waals surface area contributed by atoms with E-state index < -0.39 is 0 Å². The van der Waals surface area contributed by atoms with Crippen LogP contribution in [0.1, 0.15) is 40.5 Å². The lowest BCUT2D eigenvalue weighted by atomic mass is 9.86. The predicted octanol–water partition coefficient (Wildman–Crippen LogP) is 3.90. The fourth-order valence-corrected chi connectivity index (χ4v) is 1.35. The highest BCUT2D eigenvalue weighted by molar-refractivity contribution is 6.10. The van der Waals surface area contributed by atoms with Gasteiger partial charge >= 0.3 is 0 Å². The Balaban J connectivity index is 0.000000671. The Morgan fingerprint density at radius 1 is 1.23 bits per heavy atom. The lowest BCUT2D eigenvalue weighted by Gasteiger charge is -2.16. The van der Waals surface area contributed by atoms with E-state index in [0.717, 1.165) is 6.32 Å². The van der Waals surface area contributed by atoms with Crippen LogP contribution in [0.15, 0.2) is 23.3 Å². The fourth-order valence-electron chi connectivity index (χ4n) is 1.35. The summed E-state index contributed by atoms with van der Waals surface area (Å²) in [5.74, 6) is 0.700. The second kappa shape index (κ2) is 7.00. The molecule has 0 aliphatic heterocycles. The molecule has 0 saturated carbocycles. The monoisotopic (exact) mass is 176 g/mol. The molecule has 1 heteroatoms. The van der Waals surface area contributed by atoms with Gasteiger partial charge in [-0.2, -0.15) is 0 Å². The molecule has 0 aromatic heterocycles. The number of allylic oxidation sites excluding steroid dienone is 4. The van der Waals surface area contributed by atoms with Gasteiger partial charge in [0.2, 0.25) is 0 Å². The molecule has 2 radical (unpaired) electrons. The summed E-state index contributed by atoms with van der Waals surface area (Å²) < 4.78 is 0. The lowest BCUT2D eigenvalue weighted by molar-refractivity contribution is 0.700. The summed E-state index contributed by atoms with van der Waals surface area (Å²) in [4.78, 5) is 0. The van der Waals surface area contributed by atoms with Crippen molar-refractivity contribution < 1.29 is 0 Å². The molecule has 0 nitrogen and oxygen atoms in total. The van der Waals surface area contributed by atoms with Crippen LogP contribution in [0, 0.1) is 5.92 Å². The van der Waals surface area contributed by atoms with Crippen molar-refractivity contribution in [3.63, 3.8) is 0 Å². The smallest absolute Gasteiger partial charge is 0.0712 e.